The van der Waals surface area contributed by atoms with Gasteiger partial charge in [-0.05, 0) is 41.2 Å². The fourth-order valence-electron chi connectivity index (χ4n) is 2.13. The molecule has 100 valence electrons. The van der Waals surface area contributed by atoms with Gasteiger partial charge in [0.2, 0.25) is 0 Å². The summed E-state index contributed by atoms with van der Waals surface area (Å²) in [7, 11) is 0. The Balaban J connectivity index is 2.33. The third-order valence-electron chi connectivity index (χ3n) is 3.48. The van der Waals surface area contributed by atoms with Crippen molar-refractivity contribution in [3.63, 3.8) is 0 Å². The van der Waals surface area contributed by atoms with Crippen LogP contribution in [0, 0.1) is 6.92 Å². The SMILES string of the molecule is Cc1c(Cl)cccc1C(Br)c1ccc(C(C)C)cc1. The smallest absolute Gasteiger partial charge is 0.0647 e. The summed E-state index contributed by atoms with van der Waals surface area (Å²) in [4.78, 5) is 0.187. The Hall–Kier alpha value is -0.790. The van der Waals surface area contributed by atoms with Crippen LogP contribution in [0.25, 0.3) is 0 Å². The van der Waals surface area contributed by atoms with Crippen molar-refractivity contribution in [3.05, 3.63) is 69.7 Å². The normalized spacial score (nSPS) is 12.7. The summed E-state index contributed by atoms with van der Waals surface area (Å²) in [6, 6.07) is 14.8. The summed E-state index contributed by atoms with van der Waals surface area (Å²) < 4.78 is 0. The maximum atomic E-state index is 6.19. The Morgan fingerprint density at radius 2 is 1.53 bits per heavy atom. The van der Waals surface area contributed by atoms with Gasteiger partial charge in [-0.15, -0.1) is 0 Å². The van der Waals surface area contributed by atoms with Crippen LogP contribution in [0.2, 0.25) is 5.02 Å². The summed E-state index contributed by atoms with van der Waals surface area (Å²) in [6.45, 7) is 6.48. The number of rotatable bonds is 3. The van der Waals surface area contributed by atoms with E-state index < -0.39 is 0 Å². The minimum Gasteiger partial charge on any atom is -0.0840 e. The Labute approximate surface area is 128 Å². The van der Waals surface area contributed by atoms with Gasteiger partial charge in [0.05, 0.1) is 4.83 Å². The first-order valence-corrected chi connectivity index (χ1v) is 7.79. The molecule has 19 heavy (non-hydrogen) atoms. The van der Waals surface area contributed by atoms with E-state index in [1.165, 1.54) is 16.7 Å². The van der Waals surface area contributed by atoms with Gasteiger partial charge in [-0.1, -0.05) is 77.8 Å². The van der Waals surface area contributed by atoms with E-state index >= 15 is 0 Å². The highest BCUT2D eigenvalue weighted by Gasteiger charge is 2.14. The van der Waals surface area contributed by atoms with Crippen LogP contribution in [-0.2, 0) is 0 Å². The Morgan fingerprint density at radius 1 is 0.947 bits per heavy atom. The zero-order valence-corrected chi connectivity index (χ0v) is 13.8. The van der Waals surface area contributed by atoms with E-state index in [4.69, 9.17) is 11.6 Å². The van der Waals surface area contributed by atoms with Crippen LogP contribution in [0.3, 0.4) is 0 Å². The molecule has 0 radical (unpaired) electrons. The van der Waals surface area contributed by atoms with Crippen LogP contribution >= 0.6 is 27.5 Å². The molecule has 0 saturated heterocycles. The van der Waals surface area contributed by atoms with Crippen LogP contribution in [0.4, 0.5) is 0 Å². The molecule has 0 fully saturated rings. The molecule has 0 nitrogen and oxygen atoms in total. The lowest BCUT2D eigenvalue weighted by Gasteiger charge is -2.15. The molecule has 1 atom stereocenters. The second-order valence-electron chi connectivity index (χ2n) is 5.14. The number of hydrogen-bond donors (Lipinski definition) is 0. The molecule has 0 spiro atoms. The van der Waals surface area contributed by atoms with Crippen LogP contribution in [0.1, 0.15) is 46.8 Å². The van der Waals surface area contributed by atoms with Crippen molar-refractivity contribution < 1.29 is 0 Å². The van der Waals surface area contributed by atoms with E-state index in [1.54, 1.807) is 0 Å². The maximum absolute atomic E-state index is 6.19. The summed E-state index contributed by atoms with van der Waals surface area (Å²) in [5, 5.41) is 0.820. The van der Waals surface area contributed by atoms with Gasteiger partial charge in [0.1, 0.15) is 0 Å². The molecule has 2 aromatic carbocycles. The summed E-state index contributed by atoms with van der Waals surface area (Å²) >= 11 is 9.97. The largest absolute Gasteiger partial charge is 0.0840 e. The quantitative estimate of drug-likeness (QED) is 0.580. The van der Waals surface area contributed by atoms with Crippen molar-refractivity contribution in [3.8, 4) is 0 Å². The number of alkyl halides is 1. The molecule has 1 unspecified atom stereocenters. The Morgan fingerprint density at radius 3 is 2.11 bits per heavy atom. The van der Waals surface area contributed by atoms with Crippen LogP contribution in [0.5, 0.6) is 0 Å². The molecule has 0 amide bonds. The highest BCUT2D eigenvalue weighted by Crippen LogP contribution is 2.35. The molecule has 0 aromatic heterocycles. The fraction of sp³-hybridized carbons (Fsp3) is 0.294. The van der Waals surface area contributed by atoms with E-state index in [1.807, 2.05) is 12.1 Å². The second-order valence-corrected chi connectivity index (χ2v) is 6.46. The molecule has 0 saturated carbocycles. The minimum absolute atomic E-state index is 0.187. The molecule has 0 aliphatic rings. The first-order valence-electron chi connectivity index (χ1n) is 6.49. The van der Waals surface area contributed by atoms with E-state index in [0.29, 0.717) is 5.92 Å². The van der Waals surface area contributed by atoms with Gasteiger partial charge in [-0.25, -0.2) is 0 Å². The minimum atomic E-state index is 0.187. The van der Waals surface area contributed by atoms with Gasteiger partial charge in [0.15, 0.2) is 0 Å². The highest BCUT2D eigenvalue weighted by atomic mass is 79.9. The van der Waals surface area contributed by atoms with Crippen LogP contribution in [-0.4, -0.2) is 0 Å². The first-order chi connectivity index (χ1) is 9.00. The van der Waals surface area contributed by atoms with Gasteiger partial charge in [-0.2, -0.15) is 0 Å². The fourth-order valence-corrected chi connectivity index (χ4v) is 3.11. The molecule has 2 heteroatoms. The summed E-state index contributed by atoms with van der Waals surface area (Å²) in [5.41, 5.74) is 4.99. The number of benzene rings is 2. The van der Waals surface area contributed by atoms with E-state index in [-0.39, 0.29) is 4.83 Å². The molecule has 0 N–H and O–H groups in total. The average molecular weight is 338 g/mol. The Bertz CT molecular complexity index is 558. The molecular formula is C17H18BrCl. The van der Waals surface area contributed by atoms with Gasteiger partial charge in [0, 0.05) is 5.02 Å². The zero-order chi connectivity index (χ0) is 14.0. The van der Waals surface area contributed by atoms with Gasteiger partial charge in [-0.3, -0.25) is 0 Å². The van der Waals surface area contributed by atoms with Crippen molar-refractivity contribution in [2.45, 2.75) is 31.5 Å². The van der Waals surface area contributed by atoms with Gasteiger partial charge >= 0.3 is 0 Å². The first kappa shape index (κ1) is 14.6. The molecule has 2 rings (SSSR count). The summed E-state index contributed by atoms with van der Waals surface area (Å²) in [5.74, 6) is 0.565. The van der Waals surface area contributed by atoms with Gasteiger partial charge < -0.3 is 0 Å². The van der Waals surface area contributed by atoms with Crippen molar-refractivity contribution >= 4 is 27.5 Å². The molecule has 0 aliphatic carbocycles. The lowest BCUT2D eigenvalue weighted by molar-refractivity contribution is 0.865. The van der Waals surface area contributed by atoms with Crippen molar-refractivity contribution in [2.75, 3.05) is 0 Å². The molecule has 0 bridgehead atoms. The molecular weight excluding hydrogens is 320 g/mol. The lowest BCUT2D eigenvalue weighted by Crippen LogP contribution is -1.97. The third-order valence-corrected chi connectivity index (χ3v) is 4.91. The standard InChI is InChI=1S/C17H18BrCl/c1-11(2)13-7-9-14(10-8-13)17(18)15-5-4-6-16(19)12(15)3/h4-11,17H,1-3H3. The topological polar surface area (TPSA) is 0 Å². The van der Waals surface area contributed by atoms with Gasteiger partial charge in [0.25, 0.3) is 0 Å². The predicted octanol–water partition coefficient (Wildman–Crippen LogP) is 6.26. The number of halogens is 2. The van der Waals surface area contributed by atoms with E-state index in [9.17, 15) is 0 Å². The van der Waals surface area contributed by atoms with Crippen LogP contribution < -0.4 is 0 Å². The monoisotopic (exact) mass is 336 g/mol. The number of hydrogen-bond acceptors (Lipinski definition) is 0. The average Bonchev–Trinajstić information content (AvgIpc) is 2.41. The second kappa shape index (κ2) is 6.11. The lowest BCUT2D eigenvalue weighted by atomic mass is 9.97. The summed E-state index contributed by atoms with van der Waals surface area (Å²) in [6.07, 6.45) is 0. The highest BCUT2D eigenvalue weighted by molar-refractivity contribution is 9.09. The predicted molar refractivity (Wildman–Crippen MR) is 87.5 cm³/mol. The van der Waals surface area contributed by atoms with Crippen molar-refractivity contribution in [1.82, 2.24) is 0 Å². The van der Waals surface area contributed by atoms with E-state index in [2.05, 4.69) is 67.0 Å². The zero-order valence-electron chi connectivity index (χ0n) is 11.5. The maximum Gasteiger partial charge on any atom is 0.0647 e. The third kappa shape index (κ3) is 3.21. The molecule has 0 aliphatic heterocycles. The van der Waals surface area contributed by atoms with Crippen LogP contribution in [0.15, 0.2) is 42.5 Å². The van der Waals surface area contributed by atoms with Crippen molar-refractivity contribution in [2.24, 2.45) is 0 Å². The Kier molecular flexibility index (Phi) is 4.70. The molecule has 0 heterocycles. The molecule has 2 aromatic rings. The van der Waals surface area contributed by atoms with E-state index in [0.717, 1.165) is 10.6 Å². The van der Waals surface area contributed by atoms with Crippen molar-refractivity contribution in [1.29, 1.82) is 0 Å².